The molecule has 0 amide bonds. The summed E-state index contributed by atoms with van der Waals surface area (Å²) in [5.74, 6) is 3.64. The highest BCUT2D eigenvalue weighted by Crippen LogP contribution is 2.39. The van der Waals surface area contributed by atoms with Gasteiger partial charge in [-0.3, -0.25) is 0 Å². The third-order valence-electron chi connectivity index (χ3n) is 3.77. The van der Waals surface area contributed by atoms with Crippen LogP contribution in [0.4, 0.5) is 11.6 Å². The van der Waals surface area contributed by atoms with E-state index in [9.17, 15) is 0 Å². The van der Waals surface area contributed by atoms with Crippen LogP contribution in [0.2, 0.25) is 0 Å². The van der Waals surface area contributed by atoms with Crippen LogP contribution in [0.25, 0.3) is 0 Å². The zero-order valence-electron chi connectivity index (χ0n) is 12.3. The Bertz CT molecular complexity index is 439. The van der Waals surface area contributed by atoms with E-state index in [1.165, 1.54) is 12.8 Å². The van der Waals surface area contributed by atoms with Crippen LogP contribution in [-0.2, 0) is 4.74 Å². The van der Waals surface area contributed by atoms with Gasteiger partial charge in [-0.05, 0) is 25.7 Å². The molecule has 0 bridgehead atoms. The molecule has 3 rings (SSSR count). The van der Waals surface area contributed by atoms with Gasteiger partial charge in [-0.1, -0.05) is 6.92 Å². The molecule has 2 aliphatic rings. The van der Waals surface area contributed by atoms with Gasteiger partial charge in [0.25, 0.3) is 0 Å². The number of nitrogens with zero attached hydrogens (tertiary/aromatic N) is 3. The summed E-state index contributed by atoms with van der Waals surface area (Å²) in [6, 6.07) is 2.09. The normalized spacial score (nSPS) is 19.8. The molecule has 1 aliphatic carbocycles. The van der Waals surface area contributed by atoms with Gasteiger partial charge >= 0.3 is 0 Å². The van der Waals surface area contributed by atoms with Crippen molar-refractivity contribution in [3.63, 3.8) is 0 Å². The van der Waals surface area contributed by atoms with E-state index in [1.54, 1.807) is 0 Å². The molecule has 0 spiro atoms. The van der Waals surface area contributed by atoms with Crippen LogP contribution in [0.3, 0.4) is 0 Å². The molecule has 1 saturated carbocycles. The van der Waals surface area contributed by atoms with Crippen LogP contribution in [0, 0.1) is 0 Å². The molecule has 1 aromatic heterocycles. The molecule has 110 valence electrons. The Morgan fingerprint density at radius 1 is 1.30 bits per heavy atom. The molecule has 0 aromatic carbocycles. The third-order valence-corrected chi connectivity index (χ3v) is 3.77. The molecule has 0 unspecified atom stereocenters. The Kier molecular flexibility index (Phi) is 4.35. The van der Waals surface area contributed by atoms with Gasteiger partial charge in [0.15, 0.2) is 0 Å². The lowest BCUT2D eigenvalue weighted by Crippen LogP contribution is -2.27. The lowest BCUT2D eigenvalue weighted by atomic mass is 10.3. The van der Waals surface area contributed by atoms with E-state index in [-0.39, 0.29) is 0 Å². The highest BCUT2D eigenvalue weighted by atomic mass is 16.5. The number of anilines is 2. The summed E-state index contributed by atoms with van der Waals surface area (Å²) in [4.78, 5) is 11.8. The summed E-state index contributed by atoms with van der Waals surface area (Å²) in [6.45, 7) is 6.73. The maximum Gasteiger partial charge on any atom is 0.136 e. The van der Waals surface area contributed by atoms with Gasteiger partial charge in [-0.2, -0.15) is 0 Å². The number of hydrogen-bond donors (Lipinski definition) is 1. The number of ether oxygens (including phenoxy) is 1. The Hall–Kier alpha value is -1.36. The second-order valence-electron chi connectivity index (χ2n) is 5.62. The van der Waals surface area contributed by atoms with Crippen molar-refractivity contribution in [2.45, 2.75) is 38.5 Å². The molecule has 2 fully saturated rings. The molecule has 5 nitrogen and oxygen atoms in total. The summed E-state index contributed by atoms with van der Waals surface area (Å²) in [7, 11) is 0. The van der Waals surface area contributed by atoms with E-state index in [1.807, 2.05) is 0 Å². The zero-order valence-corrected chi connectivity index (χ0v) is 12.3. The first-order chi connectivity index (χ1) is 9.86. The average Bonchev–Trinajstić information content (AvgIpc) is 3.30. The summed E-state index contributed by atoms with van der Waals surface area (Å²) in [6.07, 6.45) is 4.65. The van der Waals surface area contributed by atoms with Crippen molar-refractivity contribution in [3.05, 3.63) is 11.9 Å². The fourth-order valence-corrected chi connectivity index (χ4v) is 2.46. The second kappa shape index (κ2) is 6.39. The summed E-state index contributed by atoms with van der Waals surface area (Å²) < 4.78 is 5.53. The smallest absolute Gasteiger partial charge is 0.136 e. The molecular formula is C15H24N4O. The summed E-state index contributed by atoms with van der Waals surface area (Å²) in [5.41, 5.74) is 0. The first-order valence-electron chi connectivity index (χ1n) is 7.82. The molecule has 0 atom stereocenters. The predicted molar refractivity (Wildman–Crippen MR) is 80.4 cm³/mol. The minimum Gasteiger partial charge on any atom is -0.380 e. The van der Waals surface area contributed by atoms with Crippen LogP contribution >= 0.6 is 0 Å². The molecule has 1 aliphatic heterocycles. The molecule has 2 heterocycles. The van der Waals surface area contributed by atoms with Crippen molar-refractivity contribution in [1.29, 1.82) is 0 Å². The van der Waals surface area contributed by atoms with E-state index >= 15 is 0 Å². The van der Waals surface area contributed by atoms with Crippen molar-refractivity contribution in [3.8, 4) is 0 Å². The standard InChI is InChI=1S/C15H24N4O/c1-2-6-16-13-11-14(18-15(17-13)12-4-5-12)19-7-3-9-20-10-8-19/h11-12H,2-10H2,1H3,(H,16,17,18). The van der Waals surface area contributed by atoms with Gasteiger partial charge in [0.1, 0.15) is 17.5 Å². The quantitative estimate of drug-likeness (QED) is 0.895. The molecule has 1 saturated heterocycles. The maximum atomic E-state index is 5.53. The average molecular weight is 276 g/mol. The molecule has 5 heteroatoms. The molecular weight excluding hydrogens is 252 g/mol. The summed E-state index contributed by atoms with van der Waals surface area (Å²) >= 11 is 0. The van der Waals surface area contributed by atoms with E-state index < -0.39 is 0 Å². The Morgan fingerprint density at radius 3 is 3.00 bits per heavy atom. The van der Waals surface area contributed by atoms with Crippen LogP contribution < -0.4 is 10.2 Å². The SMILES string of the molecule is CCCNc1cc(N2CCCOCC2)nc(C2CC2)n1. The predicted octanol–water partition coefficient (Wildman–Crippen LogP) is 2.40. The largest absolute Gasteiger partial charge is 0.380 e. The van der Waals surface area contributed by atoms with E-state index in [0.29, 0.717) is 5.92 Å². The van der Waals surface area contributed by atoms with Crippen molar-refractivity contribution in [2.24, 2.45) is 0 Å². The summed E-state index contributed by atoms with van der Waals surface area (Å²) in [5, 5.41) is 3.40. The minimum atomic E-state index is 0.584. The maximum absolute atomic E-state index is 5.53. The third kappa shape index (κ3) is 3.39. The first kappa shape index (κ1) is 13.6. The van der Waals surface area contributed by atoms with Crippen LogP contribution in [0.1, 0.15) is 44.3 Å². The molecule has 1 N–H and O–H groups in total. The van der Waals surface area contributed by atoms with Crippen molar-refractivity contribution in [1.82, 2.24) is 9.97 Å². The van der Waals surface area contributed by atoms with E-state index in [2.05, 4.69) is 28.2 Å². The first-order valence-corrected chi connectivity index (χ1v) is 7.82. The second-order valence-corrected chi connectivity index (χ2v) is 5.62. The number of aromatic nitrogens is 2. The van der Waals surface area contributed by atoms with Gasteiger partial charge in [0, 0.05) is 38.2 Å². The Balaban J connectivity index is 1.81. The Labute approximate surface area is 120 Å². The number of rotatable bonds is 5. The zero-order chi connectivity index (χ0) is 13.8. The molecule has 1 aromatic rings. The highest BCUT2D eigenvalue weighted by molar-refractivity contribution is 5.50. The van der Waals surface area contributed by atoms with Crippen LogP contribution in [0.5, 0.6) is 0 Å². The lowest BCUT2D eigenvalue weighted by molar-refractivity contribution is 0.152. The number of hydrogen-bond acceptors (Lipinski definition) is 5. The van der Waals surface area contributed by atoms with Crippen LogP contribution in [-0.4, -0.2) is 42.8 Å². The fraction of sp³-hybridized carbons (Fsp3) is 0.733. The molecule has 0 radical (unpaired) electrons. The minimum absolute atomic E-state index is 0.584. The van der Waals surface area contributed by atoms with Crippen molar-refractivity contribution >= 4 is 11.6 Å². The molecule has 20 heavy (non-hydrogen) atoms. The van der Waals surface area contributed by atoms with E-state index in [0.717, 1.165) is 63.1 Å². The van der Waals surface area contributed by atoms with Gasteiger partial charge in [-0.25, -0.2) is 9.97 Å². The van der Waals surface area contributed by atoms with E-state index in [4.69, 9.17) is 9.72 Å². The Morgan fingerprint density at radius 2 is 2.20 bits per heavy atom. The topological polar surface area (TPSA) is 50.3 Å². The van der Waals surface area contributed by atoms with Gasteiger partial charge < -0.3 is 15.0 Å². The van der Waals surface area contributed by atoms with Gasteiger partial charge in [0.2, 0.25) is 0 Å². The lowest BCUT2D eigenvalue weighted by Gasteiger charge is -2.22. The van der Waals surface area contributed by atoms with Gasteiger partial charge in [0.05, 0.1) is 6.61 Å². The fourth-order valence-electron chi connectivity index (χ4n) is 2.46. The number of nitrogens with one attached hydrogen (secondary N) is 1. The van der Waals surface area contributed by atoms with Gasteiger partial charge in [-0.15, -0.1) is 0 Å². The van der Waals surface area contributed by atoms with Crippen molar-refractivity contribution < 1.29 is 4.74 Å². The monoisotopic (exact) mass is 276 g/mol. The van der Waals surface area contributed by atoms with Crippen molar-refractivity contribution in [2.75, 3.05) is 43.1 Å². The van der Waals surface area contributed by atoms with Crippen LogP contribution in [0.15, 0.2) is 6.07 Å². The highest BCUT2D eigenvalue weighted by Gasteiger charge is 2.28.